The molecule has 1 spiro atoms. The van der Waals surface area contributed by atoms with Crippen molar-refractivity contribution in [3.63, 3.8) is 0 Å². The third-order valence-electron chi connectivity index (χ3n) is 5.28. The maximum atomic E-state index is 11.7. The number of carbonyl (C=O) groups excluding carboxylic acids is 1. The Morgan fingerprint density at radius 3 is 2.37 bits per heavy atom. The van der Waals surface area contributed by atoms with E-state index in [1.807, 2.05) is 0 Å². The molecule has 1 amide bonds. The fourth-order valence-corrected chi connectivity index (χ4v) is 5.37. The van der Waals surface area contributed by atoms with Gasteiger partial charge in [-0.15, -0.1) is 0 Å². The highest BCUT2D eigenvalue weighted by Gasteiger charge is 2.77. The number of hydroxylamine groups is 2. The Morgan fingerprint density at radius 2 is 1.83 bits per heavy atom. The highest BCUT2D eigenvalue weighted by atomic mass is 32.2. The summed E-state index contributed by atoms with van der Waals surface area (Å²) in [6, 6.07) is -2.83. The van der Waals surface area contributed by atoms with Crippen LogP contribution in [0.25, 0.3) is 0 Å². The monoisotopic (exact) mass is 479 g/mol. The van der Waals surface area contributed by atoms with Gasteiger partial charge in [-0.2, -0.15) is 26.6 Å². The first-order valence-corrected chi connectivity index (χ1v) is 11.1. The molecule has 0 bridgehead atoms. The van der Waals surface area contributed by atoms with E-state index in [0.29, 0.717) is 5.06 Å². The van der Waals surface area contributed by atoms with Crippen LogP contribution in [0.5, 0.6) is 0 Å². The molecular weight excluding hydrogens is 458 g/mol. The molecule has 6 atom stereocenters. The minimum atomic E-state index is -5.03. The predicted molar refractivity (Wildman–Crippen MR) is 91.4 cm³/mol. The molecule has 3 saturated heterocycles. The molecule has 0 aromatic carbocycles. The van der Waals surface area contributed by atoms with Crippen molar-refractivity contribution in [2.45, 2.75) is 41.4 Å². The van der Waals surface area contributed by atoms with Gasteiger partial charge in [0.1, 0.15) is 24.8 Å². The van der Waals surface area contributed by atoms with Gasteiger partial charge in [0.2, 0.25) is 5.79 Å². The highest BCUT2D eigenvalue weighted by molar-refractivity contribution is 7.86. The number of aliphatic hydroxyl groups is 2. The minimum absolute atomic E-state index is 0.388. The first-order valence-electron chi connectivity index (χ1n) is 8.14. The zero-order valence-corrected chi connectivity index (χ0v) is 16.5. The lowest BCUT2D eigenvalue weighted by molar-refractivity contribution is -0.305. The summed E-state index contributed by atoms with van der Waals surface area (Å²) < 4.78 is 68.6. The molecule has 18 nitrogen and oxygen atoms in total. The maximum Gasteiger partial charge on any atom is 0.422 e. The molecule has 3 aliphatic heterocycles. The standard InChI is InChI=1S/C10H21N7O11S2/c11-6-13-5-3(2-28-8(18)15-30(25,26)27)17(21)7(12)16-1-4(29(22,23)24)10(19,20)9(5,16)14-6/h3-7,13-14,19-21H,1-2,11-12H2,(H,15,18)(H,22,23,24)(H,25,26,27)/t3-,4+,5-,6?,7?,9-/m0/s1. The second-order valence-electron chi connectivity index (χ2n) is 6.95. The number of hydrogen-bond acceptors (Lipinski definition) is 15. The number of nitrogens with two attached hydrogens (primary N) is 2. The van der Waals surface area contributed by atoms with Crippen LogP contribution in [0.4, 0.5) is 4.79 Å². The van der Waals surface area contributed by atoms with Crippen molar-refractivity contribution in [2.24, 2.45) is 11.5 Å². The average molecular weight is 479 g/mol. The third kappa shape index (κ3) is 3.54. The molecule has 3 heterocycles. The van der Waals surface area contributed by atoms with Crippen LogP contribution in [-0.2, 0) is 25.2 Å². The molecule has 12 N–H and O–H groups in total. The van der Waals surface area contributed by atoms with Crippen LogP contribution in [-0.4, -0.2) is 112 Å². The van der Waals surface area contributed by atoms with E-state index in [4.69, 9.17) is 16.0 Å². The Morgan fingerprint density at radius 1 is 1.23 bits per heavy atom. The van der Waals surface area contributed by atoms with E-state index in [-0.39, 0.29) is 0 Å². The smallest absolute Gasteiger partial charge is 0.422 e. The van der Waals surface area contributed by atoms with Crippen molar-refractivity contribution in [1.82, 2.24) is 25.3 Å². The Hall–Kier alpha value is -1.27. The zero-order chi connectivity index (χ0) is 22.9. The summed E-state index contributed by atoms with van der Waals surface area (Å²) >= 11 is 0. The molecule has 20 heteroatoms. The van der Waals surface area contributed by atoms with Gasteiger partial charge in [0.25, 0.3) is 10.1 Å². The Bertz CT molecular complexity index is 929. The molecule has 0 saturated carbocycles. The lowest BCUT2D eigenvalue weighted by Gasteiger charge is -2.55. The van der Waals surface area contributed by atoms with Crippen LogP contribution >= 0.6 is 0 Å². The molecule has 0 aromatic rings. The summed E-state index contributed by atoms with van der Waals surface area (Å²) in [5.41, 5.74) is 9.45. The molecule has 3 fully saturated rings. The van der Waals surface area contributed by atoms with Crippen molar-refractivity contribution in [3.05, 3.63) is 0 Å². The van der Waals surface area contributed by atoms with E-state index in [9.17, 15) is 41.6 Å². The number of amides is 1. The van der Waals surface area contributed by atoms with Crippen molar-refractivity contribution >= 4 is 26.5 Å². The molecular formula is C10H21N7O11S2. The molecule has 174 valence electrons. The summed E-state index contributed by atoms with van der Waals surface area (Å²) in [7, 11) is -9.97. The van der Waals surface area contributed by atoms with Gasteiger partial charge in [0, 0.05) is 6.54 Å². The van der Waals surface area contributed by atoms with Gasteiger partial charge in [-0.3, -0.25) is 19.7 Å². The van der Waals surface area contributed by atoms with Crippen molar-refractivity contribution in [3.8, 4) is 0 Å². The predicted octanol–water partition coefficient (Wildman–Crippen LogP) is -6.42. The average Bonchev–Trinajstić information content (AvgIpc) is 3.01. The number of nitrogens with one attached hydrogen (secondary N) is 3. The van der Waals surface area contributed by atoms with E-state index in [1.54, 1.807) is 0 Å². The van der Waals surface area contributed by atoms with Crippen LogP contribution < -0.4 is 26.8 Å². The molecule has 0 aromatic heterocycles. The van der Waals surface area contributed by atoms with Crippen LogP contribution in [0.1, 0.15) is 0 Å². The lowest BCUT2D eigenvalue weighted by Crippen LogP contribution is -2.83. The fraction of sp³-hybridized carbons (Fsp3) is 0.900. The van der Waals surface area contributed by atoms with Gasteiger partial charge in [-0.05, 0) is 0 Å². The van der Waals surface area contributed by atoms with Crippen molar-refractivity contribution < 1.29 is 50.9 Å². The third-order valence-corrected chi connectivity index (χ3v) is 6.90. The molecule has 2 unspecified atom stereocenters. The normalized spacial score (nSPS) is 39.4. The fourth-order valence-electron chi connectivity index (χ4n) is 4.15. The van der Waals surface area contributed by atoms with Crippen molar-refractivity contribution in [1.29, 1.82) is 0 Å². The van der Waals surface area contributed by atoms with Gasteiger partial charge in [-0.1, -0.05) is 0 Å². The van der Waals surface area contributed by atoms with Crippen molar-refractivity contribution in [2.75, 3.05) is 13.2 Å². The number of hydrogen-bond donors (Lipinski definition) is 10. The SMILES string of the molecule is NC1N[C@H]2[C@H](COC(=O)NS(=O)(=O)O)N(O)C(N)N3C[C@@H](S(=O)(=O)O)C(O)(O)[C@]23N1. The minimum Gasteiger partial charge on any atom is -0.447 e. The van der Waals surface area contributed by atoms with E-state index >= 15 is 0 Å². The molecule has 0 radical (unpaired) electrons. The Balaban J connectivity index is 1.97. The van der Waals surface area contributed by atoms with E-state index in [1.165, 1.54) is 0 Å². The second-order valence-corrected chi connectivity index (χ2v) is 9.70. The van der Waals surface area contributed by atoms with Gasteiger partial charge in [-0.25, -0.2) is 9.69 Å². The topological polar surface area (TPSA) is 290 Å². The van der Waals surface area contributed by atoms with Gasteiger partial charge in [0.05, 0.1) is 12.1 Å². The van der Waals surface area contributed by atoms with E-state index in [0.717, 1.165) is 9.62 Å². The Labute approximate surface area is 169 Å². The number of carbonyl (C=O) groups is 1. The maximum absolute atomic E-state index is 11.7. The van der Waals surface area contributed by atoms with Crippen LogP contribution in [0.3, 0.4) is 0 Å². The largest absolute Gasteiger partial charge is 0.447 e. The highest BCUT2D eigenvalue weighted by Crippen LogP contribution is 2.47. The first kappa shape index (κ1) is 23.4. The second kappa shape index (κ2) is 7.13. The van der Waals surface area contributed by atoms with Gasteiger partial charge < -0.3 is 31.6 Å². The van der Waals surface area contributed by atoms with E-state index < -0.39 is 81.0 Å². The summed E-state index contributed by atoms with van der Waals surface area (Å²) in [6.45, 7) is -1.57. The van der Waals surface area contributed by atoms with Gasteiger partial charge >= 0.3 is 16.4 Å². The summed E-state index contributed by atoms with van der Waals surface area (Å²) in [5.74, 6) is -3.21. The number of nitrogens with zero attached hydrogens (tertiary/aromatic N) is 2. The summed E-state index contributed by atoms with van der Waals surface area (Å²) in [5, 5.41) is 35.3. The van der Waals surface area contributed by atoms with Crippen LogP contribution in [0.2, 0.25) is 0 Å². The lowest BCUT2D eigenvalue weighted by atomic mass is 9.85. The number of rotatable bonds is 4. The van der Waals surface area contributed by atoms with E-state index in [2.05, 4.69) is 15.4 Å². The summed E-state index contributed by atoms with van der Waals surface area (Å²) in [6.07, 6.45) is -4.46. The van der Waals surface area contributed by atoms with Gasteiger partial charge in [0.15, 0.2) is 5.25 Å². The zero-order valence-electron chi connectivity index (χ0n) is 14.9. The molecule has 3 rings (SSSR count). The van der Waals surface area contributed by atoms with Crippen LogP contribution in [0.15, 0.2) is 0 Å². The Kier molecular flexibility index (Phi) is 5.56. The van der Waals surface area contributed by atoms with Crippen LogP contribution in [0, 0.1) is 0 Å². The number of ether oxygens (including phenoxy) is 1. The summed E-state index contributed by atoms with van der Waals surface area (Å²) in [4.78, 5) is 12.4. The first-order chi connectivity index (χ1) is 13.5. The molecule has 0 aliphatic carbocycles. The molecule has 3 aliphatic rings. The molecule has 30 heavy (non-hydrogen) atoms. The quantitative estimate of drug-likeness (QED) is 0.132.